The summed E-state index contributed by atoms with van der Waals surface area (Å²) in [6, 6.07) is 11.0. The predicted molar refractivity (Wildman–Crippen MR) is 131 cm³/mol. The van der Waals surface area contributed by atoms with E-state index in [0.29, 0.717) is 18.5 Å². The third-order valence-corrected chi connectivity index (χ3v) is 5.51. The number of guanidine groups is 1. The summed E-state index contributed by atoms with van der Waals surface area (Å²) in [5.41, 5.74) is 0.489. The standard InChI is InChI=1S/C22H31F3N6.HI/c1-4-26-21(27-13-18-15-30(3)29-20(18)22(23,24)25)28-19-10-11-31(16(2)12-19)14-17-8-6-5-7-9-17;/h5-9,15-16,19H,4,10-14H2,1-3H3,(H2,26,27,28);1H. The van der Waals surface area contributed by atoms with Crippen molar-refractivity contribution in [3.05, 3.63) is 53.3 Å². The molecule has 0 radical (unpaired) electrons. The molecule has 178 valence electrons. The van der Waals surface area contributed by atoms with E-state index >= 15 is 0 Å². The molecule has 10 heteroatoms. The molecule has 6 nitrogen and oxygen atoms in total. The van der Waals surface area contributed by atoms with Gasteiger partial charge in [0, 0.05) is 50.5 Å². The lowest BCUT2D eigenvalue weighted by Crippen LogP contribution is -2.51. The van der Waals surface area contributed by atoms with Gasteiger partial charge >= 0.3 is 6.18 Å². The van der Waals surface area contributed by atoms with Gasteiger partial charge in [0.15, 0.2) is 11.7 Å². The predicted octanol–water partition coefficient (Wildman–Crippen LogP) is 4.17. The first-order chi connectivity index (χ1) is 14.8. The summed E-state index contributed by atoms with van der Waals surface area (Å²) in [7, 11) is 1.48. The molecule has 0 saturated carbocycles. The normalized spacial score (nSPS) is 20.0. The number of aryl methyl sites for hydroxylation is 1. The number of nitrogens with one attached hydrogen (secondary N) is 2. The van der Waals surface area contributed by atoms with E-state index in [1.54, 1.807) is 0 Å². The maximum atomic E-state index is 13.2. The molecule has 2 unspecified atom stereocenters. The van der Waals surface area contributed by atoms with Gasteiger partial charge in [-0.25, -0.2) is 4.99 Å². The van der Waals surface area contributed by atoms with E-state index in [0.717, 1.165) is 25.9 Å². The lowest BCUT2D eigenvalue weighted by molar-refractivity contribution is -0.142. The SMILES string of the molecule is CCNC(=NCc1cn(C)nc1C(F)(F)F)NC1CCN(Cc2ccccc2)C(C)C1.I. The van der Waals surface area contributed by atoms with Crippen LogP contribution in [0.2, 0.25) is 0 Å². The molecule has 1 aliphatic heterocycles. The number of aliphatic imine (C=N–C) groups is 1. The number of hydrogen-bond donors (Lipinski definition) is 2. The second-order valence-corrected chi connectivity index (χ2v) is 8.04. The van der Waals surface area contributed by atoms with Crippen molar-refractivity contribution in [3.8, 4) is 0 Å². The van der Waals surface area contributed by atoms with Crippen molar-refractivity contribution in [2.75, 3.05) is 13.1 Å². The maximum Gasteiger partial charge on any atom is 0.435 e. The summed E-state index contributed by atoms with van der Waals surface area (Å²) in [6.07, 6.45) is -1.22. The Morgan fingerprint density at radius 2 is 1.97 bits per heavy atom. The lowest BCUT2D eigenvalue weighted by atomic mass is 9.97. The molecule has 32 heavy (non-hydrogen) atoms. The summed E-state index contributed by atoms with van der Waals surface area (Å²) in [6.45, 7) is 6.57. The molecule has 1 aromatic carbocycles. The Hall–Kier alpha value is -1.82. The van der Waals surface area contributed by atoms with E-state index in [-0.39, 0.29) is 42.1 Å². The third-order valence-electron chi connectivity index (χ3n) is 5.51. The van der Waals surface area contributed by atoms with Crippen LogP contribution in [-0.2, 0) is 26.3 Å². The van der Waals surface area contributed by atoms with Crippen LogP contribution in [0, 0.1) is 0 Å². The zero-order valence-electron chi connectivity index (χ0n) is 18.7. The first kappa shape index (κ1) is 26.4. The van der Waals surface area contributed by atoms with Crippen molar-refractivity contribution >= 4 is 29.9 Å². The van der Waals surface area contributed by atoms with Gasteiger partial charge in [-0.3, -0.25) is 9.58 Å². The Labute approximate surface area is 204 Å². The van der Waals surface area contributed by atoms with Crippen molar-refractivity contribution in [1.29, 1.82) is 0 Å². The zero-order chi connectivity index (χ0) is 22.4. The van der Waals surface area contributed by atoms with Crippen LogP contribution < -0.4 is 10.6 Å². The molecule has 1 fully saturated rings. The molecule has 3 rings (SSSR count). The molecule has 0 spiro atoms. The number of rotatable bonds is 6. The van der Waals surface area contributed by atoms with Crippen molar-refractivity contribution in [2.24, 2.45) is 12.0 Å². The van der Waals surface area contributed by atoms with Gasteiger partial charge in [-0.2, -0.15) is 18.3 Å². The first-order valence-electron chi connectivity index (χ1n) is 10.7. The van der Waals surface area contributed by atoms with Crippen LogP contribution >= 0.6 is 24.0 Å². The van der Waals surface area contributed by atoms with Crippen molar-refractivity contribution in [2.45, 2.75) is 58.0 Å². The molecule has 0 aliphatic carbocycles. The molecule has 2 heterocycles. The number of halogens is 4. The zero-order valence-corrected chi connectivity index (χ0v) is 21.0. The topological polar surface area (TPSA) is 57.5 Å². The average molecular weight is 564 g/mol. The molecule has 1 aliphatic rings. The van der Waals surface area contributed by atoms with Crippen LogP contribution in [0.25, 0.3) is 0 Å². The van der Waals surface area contributed by atoms with E-state index in [1.807, 2.05) is 13.0 Å². The second-order valence-electron chi connectivity index (χ2n) is 8.04. The quantitative estimate of drug-likeness (QED) is 0.315. The molecule has 2 N–H and O–H groups in total. The molecule has 1 aromatic heterocycles. The molecule has 1 saturated heterocycles. The van der Waals surface area contributed by atoms with Gasteiger partial charge in [0.05, 0.1) is 6.54 Å². The van der Waals surface area contributed by atoms with Gasteiger partial charge in [-0.1, -0.05) is 30.3 Å². The molecule has 0 bridgehead atoms. The summed E-state index contributed by atoms with van der Waals surface area (Å²) < 4.78 is 40.7. The minimum atomic E-state index is -4.49. The largest absolute Gasteiger partial charge is 0.435 e. The minimum Gasteiger partial charge on any atom is -0.357 e. The van der Waals surface area contributed by atoms with Crippen LogP contribution in [0.15, 0.2) is 41.5 Å². The molecular weight excluding hydrogens is 532 g/mol. The highest BCUT2D eigenvalue weighted by atomic mass is 127. The van der Waals surface area contributed by atoms with Gasteiger partial charge in [-0.15, -0.1) is 24.0 Å². The Morgan fingerprint density at radius 1 is 1.25 bits per heavy atom. The van der Waals surface area contributed by atoms with Crippen LogP contribution in [0.4, 0.5) is 13.2 Å². The monoisotopic (exact) mass is 564 g/mol. The molecular formula is C22H32F3IN6. The van der Waals surface area contributed by atoms with Gasteiger partial charge in [0.25, 0.3) is 0 Å². The fraction of sp³-hybridized carbons (Fsp3) is 0.545. The van der Waals surface area contributed by atoms with Crippen LogP contribution in [0.5, 0.6) is 0 Å². The Bertz CT molecular complexity index is 868. The highest BCUT2D eigenvalue weighted by Gasteiger charge is 2.36. The van der Waals surface area contributed by atoms with Gasteiger partial charge in [0.1, 0.15) is 0 Å². The number of hydrogen-bond acceptors (Lipinski definition) is 3. The molecule has 2 atom stereocenters. The van der Waals surface area contributed by atoms with Crippen LogP contribution in [0.1, 0.15) is 43.5 Å². The number of piperidine rings is 1. The highest BCUT2D eigenvalue weighted by molar-refractivity contribution is 14.0. The van der Waals surface area contributed by atoms with Crippen molar-refractivity contribution in [1.82, 2.24) is 25.3 Å². The number of alkyl halides is 3. The van der Waals surface area contributed by atoms with E-state index in [1.165, 1.54) is 23.5 Å². The Balaban J connectivity index is 0.00000363. The first-order valence-corrected chi connectivity index (χ1v) is 10.7. The maximum absolute atomic E-state index is 13.2. The number of likely N-dealkylation sites (tertiary alicyclic amines) is 1. The summed E-state index contributed by atoms with van der Waals surface area (Å²) in [5.74, 6) is 0.535. The Kier molecular flexibility index (Phi) is 9.81. The van der Waals surface area contributed by atoms with Crippen LogP contribution in [0.3, 0.4) is 0 Å². The Morgan fingerprint density at radius 3 is 2.59 bits per heavy atom. The molecule has 2 aromatic rings. The fourth-order valence-corrected chi connectivity index (χ4v) is 3.97. The number of benzene rings is 1. The minimum absolute atomic E-state index is 0. The summed E-state index contributed by atoms with van der Waals surface area (Å²) in [4.78, 5) is 6.87. The van der Waals surface area contributed by atoms with Gasteiger partial charge in [0.2, 0.25) is 0 Å². The van der Waals surface area contributed by atoms with E-state index in [4.69, 9.17) is 0 Å². The van der Waals surface area contributed by atoms with Crippen LogP contribution in [-0.4, -0.2) is 45.8 Å². The van der Waals surface area contributed by atoms with Gasteiger partial charge in [-0.05, 0) is 32.3 Å². The highest BCUT2D eigenvalue weighted by Crippen LogP contribution is 2.30. The number of aromatic nitrogens is 2. The summed E-state index contributed by atoms with van der Waals surface area (Å²) in [5, 5.41) is 10.1. The average Bonchev–Trinajstić information content (AvgIpc) is 3.10. The summed E-state index contributed by atoms with van der Waals surface area (Å²) >= 11 is 0. The van der Waals surface area contributed by atoms with E-state index in [9.17, 15) is 13.2 Å². The van der Waals surface area contributed by atoms with Crippen molar-refractivity contribution in [3.63, 3.8) is 0 Å². The smallest absolute Gasteiger partial charge is 0.357 e. The molecule has 0 amide bonds. The van der Waals surface area contributed by atoms with E-state index in [2.05, 4.69) is 56.8 Å². The lowest BCUT2D eigenvalue weighted by Gasteiger charge is -2.38. The van der Waals surface area contributed by atoms with Gasteiger partial charge < -0.3 is 10.6 Å². The van der Waals surface area contributed by atoms with E-state index < -0.39 is 11.9 Å². The third kappa shape index (κ3) is 7.36. The number of nitrogens with zero attached hydrogens (tertiary/aromatic N) is 4. The second kappa shape index (κ2) is 11.9. The fourth-order valence-electron chi connectivity index (χ4n) is 3.97. The van der Waals surface area contributed by atoms with Crippen molar-refractivity contribution < 1.29 is 13.2 Å².